The maximum Gasteiger partial charge on any atom is 0.297 e. The fourth-order valence-electron chi connectivity index (χ4n) is 6.86. The average Bonchev–Trinajstić information content (AvgIpc) is 3.45. The first-order valence-corrected chi connectivity index (χ1v) is 14.2. The largest absolute Gasteiger partial charge is 0.480 e. The van der Waals surface area contributed by atoms with Gasteiger partial charge in [-0.1, -0.05) is 18.4 Å². The molecule has 1 N–H and O–H groups in total. The second-order valence-electron chi connectivity index (χ2n) is 11.2. The van der Waals surface area contributed by atoms with Crippen molar-refractivity contribution >= 4 is 21.7 Å². The van der Waals surface area contributed by atoms with Crippen LogP contribution < -0.4 is 19.8 Å². The predicted octanol–water partition coefficient (Wildman–Crippen LogP) is 5.03. The first-order valence-electron chi connectivity index (χ1n) is 14.2. The smallest absolute Gasteiger partial charge is 0.297 e. The highest BCUT2D eigenvalue weighted by Gasteiger charge is 2.47. The monoisotopic (exact) mass is 590 g/mol. The van der Waals surface area contributed by atoms with E-state index in [1.165, 1.54) is 32.4 Å². The van der Waals surface area contributed by atoms with E-state index in [1.54, 1.807) is 6.07 Å². The number of aromatic amines is 1. The molecule has 224 valence electrons. The van der Waals surface area contributed by atoms with Crippen molar-refractivity contribution in [2.24, 2.45) is 5.41 Å². The van der Waals surface area contributed by atoms with Crippen molar-refractivity contribution in [3.8, 4) is 41.2 Å². The van der Waals surface area contributed by atoms with Gasteiger partial charge in [-0.3, -0.25) is 9.78 Å². The van der Waals surface area contributed by atoms with Gasteiger partial charge in [0.2, 0.25) is 5.88 Å². The predicted molar refractivity (Wildman–Crippen MR) is 157 cm³/mol. The van der Waals surface area contributed by atoms with Gasteiger partial charge in [0.15, 0.2) is 12.6 Å². The molecule has 11 heteroatoms. The fourth-order valence-corrected chi connectivity index (χ4v) is 6.86. The minimum absolute atomic E-state index is 0.0581. The summed E-state index contributed by atoms with van der Waals surface area (Å²) in [6.07, 6.45) is 11.0. The molecule has 2 fully saturated rings. The van der Waals surface area contributed by atoms with E-state index < -0.39 is 17.2 Å². The Morgan fingerprint density at radius 1 is 1.14 bits per heavy atom. The number of benzene rings is 2. The Morgan fingerprint density at radius 3 is 2.72 bits per heavy atom. The van der Waals surface area contributed by atoms with Crippen molar-refractivity contribution in [3.63, 3.8) is 0 Å². The van der Waals surface area contributed by atoms with Crippen LogP contribution in [0.4, 0.5) is 8.78 Å². The molecule has 2 aromatic carbocycles. The lowest BCUT2D eigenvalue weighted by atomic mass is 9.76. The maximum absolute atomic E-state index is 16.5. The van der Waals surface area contributed by atoms with Crippen LogP contribution in [0.15, 0.2) is 29.1 Å². The molecular formula is C32H32F2N4O5. The number of ether oxygens (including phenoxy) is 4. The second kappa shape index (κ2) is 11.4. The summed E-state index contributed by atoms with van der Waals surface area (Å²) in [6, 6.07) is 6.16. The summed E-state index contributed by atoms with van der Waals surface area (Å²) >= 11 is 0. The van der Waals surface area contributed by atoms with E-state index in [2.05, 4.69) is 32.8 Å². The quantitative estimate of drug-likeness (QED) is 0.225. The molecule has 43 heavy (non-hydrogen) atoms. The van der Waals surface area contributed by atoms with Gasteiger partial charge >= 0.3 is 0 Å². The average molecular weight is 591 g/mol. The van der Waals surface area contributed by atoms with Crippen LogP contribution in [-0.2, 0) is 4.74 Å². The maximum atomic E-state index is 16.5. The minimum atomic E-state index is -0.918. The van der Waals surface area contributed by atoms with Crippen LogP contribution >= 0.6 is 0 Å². The fraction of sp³-hybridized carbons (Fsp3) is 0.406. The number of hydrogen-bond donors (Lipinski definition) is 1. The molecule has 9 nitrogen and oxygen atoms in total. The second-order valence-corrected chi connectivity index (χ2v) is 11.2. The molecular weight excluding hydrogens is 558 g/mol. The number of methoxy groups -OCH3 is 2. The zero-order valence-corrected chi connectivity index (χ0v) is 24.3. The molecule has 2 atom stereocenters. The summed E-state index contributed by atoms with van der Waals surface area (Å²) in [5.41, 5.74) is -1.19. The summed E-state index contributed by atoms with van der Waals surface area (Å²) in [5.74, 6) is 0.943. The summed E-state index contributed by atoms with van der Waals surface area (Å²) in [7, 11) is 4.91. The number of pyridine rings is 1. The van der Waals surface area contributed by atoms with Gasteiger partial charge in [-0.15, -0.1) is 6.42 Å². The topological polar surface area (TPSA) is 98.8 Å². The van der Waals surface area contributed by atoms with Crippen LogP contribution in [0, 0.1) is 29.4 Å². The Kier molecular flexibility index (Phi) is 7.66. The molecule has 3 heterocycles. The number of nitrogens with one attached hydrogen (secondary N) is 1. The van der Waals surface area contributed by atoms with Crippen molar-refractivity contribution in [2.75, 3.05) is 41.2 Å². The van der Waals surface area contributed by atoms with Crippen molar-refractivity contribution < 1.29 is 27.7 Å². The van der Waals surface area contributed by atoms with Crippen molar-refractivity contribution in [3.05, 3.63) is 51.8 Å². The first kappa shape index (κ1) is 28.8. The number of aromatic nitrogens is 3. The molecule has 1 aliphatic carbocycles. The molecule has 1 saturated heterocycles. The highest BCUT2D eigenvalue weighted by molar-refractivity contribution is 6.02. The highest BCUT2D eigenvalue weighted by atomic mass is 19.1. The van der Waals surface area contributed by atoms with Crippen molar-refractivity contribution in [1.82, 2.24) is 19.9 Å². The third-order valence-electron chi connectivity index (χ3n) is 8.79. The van der Waals surface area contributed by atoms with Crippen LogP contribution in [0.5, 0.6) is 17.6 Å². The summed E-state index contributed by atoms with van der Waals surface area (Å²) in [4.78, 5) is 27.0. The van der Waals surface area contributed by atoms with Gasteiger partial charge in [-0.2, -0.15) is 4.98 Å². The zero-order valence-electron chi connectivity index (χ0n) is 24.3. The van der Waals surface area contributed by atoms with E-state index in [1.807, 2.05) is 0 Å². The van der Waals surface area contributed by atoms with Gasteiger partial charge in [-0.05, 0) is 62.9 Å². The van der Waals surface area contributed by atoms with Crippen molar-refractivity contribution in [1.29, 1.82) is 0 Å². The molecule has 2 aliphatic rings. The highest BCUT2D eigenvalue weighted by Crippen LogP contribution is 2.47. The number of rotatable bonds is 8. The molecule has 1 saturated carbocycles. The molecule has 0 amide bonds. The normalized spacial score (nSPS) is 20.2. The Balaban J connectivity index is 1.51. The van der Waals surface area contributed by atoms with E-state index in [0.717, 1.165) is 38.6 Å². The van der Waals surface area contributed by atoms with Gasteiger partial charge in [0.25, 0.3) is 11.6 Å². The molecule has 1 aliphatic heterocycles. The van der Waals surface area contributed by atoms with E-state index in [9.17, 15) is 9.18 Å². The lowest BCUT2D eigenvalue weighted by molar-refractivity contribution is 0.0132. The number of likely N-dealkylation sites (tertiary alicyclic amines) is 1. The molecule has 0 bridgehead atoms. The summed E-state index contributed by atoms with van der Waals surface area (Å²) < 4.78 is 53.6. The van der Waals surface area contributed by atoms with E-state index in [4.69, 9.17) is 25.4 Å². The summed E-state index contributed by atoms with van der Waals surface area (Å²) in [5, 5.41) is 0.558. The molecule has 4 aromatic rings. The Labute approximate surface area is 247 Å². The lowest BCUT2D eigenvalue weighted by Crippen LogP contribution is -2.50. The Morgan fingerprint density at radius 2 is 1.95 bits per heavy atom. The van der Waals surface area contributed by atoms with Gasteiger partial charge in [0, 0.05) is 29.5 Å². The lowest BCUT2D eigenvalue weighted by Gasteiger charge is -2.44. The zero-order chi connectivity index (χ0) is 30.3. The third-order valence-corrected chi connectivity index (χ3v) is 8.79. The third kappa shape index (κ3) is 4.94. The molecule has 2 aromatic heterocycles. The Hall–Kier alpha value is -4.27. The van der Waals surface area contributed by atoms with E-state index in [0.29, 0.717) is 23.8 Å². The molecule has 2 unspecified atom stereocenters. The van der Waals surface area contributed by atoms with Crippen LogP contribution in [-0.4, -0.2) is 67.1 Å². The first-order chi connectivity index (χ1) is 20.8. The van der Waals surface area contributed by atoms with E-state index >= 15 is 4.39 Å². The van der Waals surface area contributed by atoms with Crippen LogP contribution in [0.1, 0.15) is 37.7 Å². The van der Waals surface area contributed by atoms with Gasteiger partial charge < -0.3 is 23.8 Å². The van der Waals surface area contributed by atoms with Gasteiger partial charge in [0.05, 0.1) is 19.3 Å². The number of hydrogen-bond acceptors (Lipinski definition) is 8. The number of piperidine rings is 1. The number of fused-ring (bicyclic) bond motifs is 3. The van der Waals surface area contributed by atoms with Crippen molar-refractivity contribution in [2.45, 2.75) is 38.1 Å². The Bertz CT molecular complexity index is 1820. The number of terminal acetylenes is 1. The molecule has 0 spiro atoms. The standard InChI is InChI=1S/C32H32F2N4O5/c1-5-20-22(33)10-9-18-14-19(43-17-40-3)15-21(24(18)20)27-26(34)28-25(30(35-27)41-4)29(39)37-31(36-28)42-16-32-11-6-8-23(32)38(2)13-7-12-32/h1,9-10,14-15,23H,6-8,11-13,16-17H2,2-4H3,(H,36,37,39). The van der Waals surface area contributed by atoms with E-state index in [-0.39, 0.29) is 57.2 Å². The van der Waals surface area contributed by atoms with Gasteiger partial charge in [0.1, 0.15) is 28.2 Å². The number of H-pyrrole nitrogens is 1. The minimum Gasteiger partial charge on any atom is -0.480 e. The number of nitrogens with zero attached hydrogens (tertiary/aromatic N) is 3. The SMILES string of the molecule is C#Cc1c(F)ccc2cc(OCOC)cc(-c3nc(OC)c4c(=O)[nH]c(OCC56CCCC5N(C)CCC6)nc4c3F)c12. The number of halogens is 2. The van der Waals surface area contributed by atoms with Crippen LogP contribution in [0.25, 0.3) is 32.9 Å². The van der Waals surface area contributed by atoms with Crippen LogP contribution in [0.3, 0.4) is 0 Å². The van der Waals surface area contributed by atoms with Gasteiger partial charge in [-0.25, -0.2) is 13.8 Å². The molecule has 0 radical (unpaired) electrons. The molecule has 6 rings (SSSR count). The van der Waals surface area contributed by atoms with Crippen LogP contribution in [0.2, 0.25) is 0 Å². The summed E-state index contributed by atoms with van der Waals surface area (Å²) in [6.45, 7) is 1.30.